The molecule has 0 aromatic carbocycles. The van der Waals surface area contributed by atoms with Crippen LogP contribution in [0.4, 0.5) is 0 Å². The van der Waals surface area contributed by atoms with E-state index in [0.717, 1.165) is 19.1 Å². The third-order valence-electron chi connectivity index (χ3n) is 4.01. The van der Waals surface area contributed by atoms with Crippen LogP contribution in [-0.2, 0) is 7.05 Å². The third-order valence-corrected chi connectivity index (χ3v) is 4.01. The summed E-state index contributed by atoms with van der Waals surface area (Å²) in [5.41, 5.74) is 1.38. The summed E-state index contributed by atoms with van der Waals surface area (Å²) >= 11 is 0. The van der Waals surface area contributed by atoms with Crippen molar-refractivity contribution < 1.29 is 0 Å². The summed E-state index contributed by atoms with van der Waals surface area (Å²) in [6.45, 7) is 3.47. The summed E-state index contributed by atoms with van der Waals surface area (Å²) < 4.78 is 2.18. The van der Waals surface area contributed by atoms with Gasteiger partial charge in [-0.25, -0.2) is 4.98 Å². The zero-order chi connectivity index (χ0) is 11.0. The van der Waals surface area contributed by atoms with Crippen LogP contribution in [0.5, 0.6) is 0 Å². The molecule has 2 atom stereocenters. The molecule has 1 N–H and O–H groups in total. The number of fused-ring (bicyclic) bond motifs is 1. The van der Waals surface area contributed by atoms with Crippen molar-refractivity contribution in [2.75, 3.05) is 19.6 Å². The summed E-state index contributed by atoms with van der Waals surface area (Å²) in [6.07, 6.45) is 7.94. The van der Waals surface area contributed by atoms with Gasteiger partial charge >= 0.3 is 0 Å². The van der Waals surface area contributed by atoms with Crippen LogP contribution >= 0.6 is 0 Å². The van der Waals surface area contributed by atoms with E-state index in [0.29, 0.717) is 6.04 Å². The van der Waals surface area contributed by atoms with Crippen molar-refractivity contribution in [3.8, 4) is 0 Å². The van der Waals surface area contributed by atoms with Crippen molar-refractivity contribution in [2.24, 2.45) is 7.05 Å². The van der Waals surface area contributed by atoms with Crippen LogP contribution in [0.3, 0.4) is 0 Å². The van der Waals surface area contributed by atoms with Gasteiger partial charge in [-0.1, -0.05) is 0 Å². The van der Waals surface area contributed by atoms with Gasteiger partial charge in [0.25, 0.3) is 0 Å². The summed E-state index contributed by atoms with van der Waals surface area (Å²) in [4.78, 5) is 6.93. The largest absolute Gasteiger partial charge is 0.336 e. The van der Waals surface area contributed by atoms with Gasteiger partial charge in [0.2, 0.25) is 0 Å². The highest BCUT2D eigenvalue weighted by Gasteiger charge is 2.33. The molecule has 4 heteroatoms. The molecule has 0 radical (unpaired) electrons. The third kappa shape index (κ3) is 1.66. The van der Waals surface area contributed by atoms with Crippen LogP contribution in [0.25, 0.3) is 0 Å². The first-order chi connectivity index (χ1) is 7.86. The lowest BCUT2D eigenvalue weighted by Gasteiger charge is -2.45. The van der Waals surface area contributed by atoms with E-state index in [1.807, 2.05) is 12.5 Å². The van der Waals surface area contributed by atoms with Crippen molar-refractivity contribution in [2.45, 2.75) is 31.3 Å². The lowest BCUT2D eigenvalue weighted by atomic mass is 9.92. The minimum Gasteiger partial charge on any atom is -0.336 e. The van der Waals surface area contributed by atoms with Gasteiger partial charge in [-0.2, -0.15) is 0 Å². The number of imidazole rings is 1. The standard InChI is InChI=1S/C12H20N4/c1-15-9-14-8-12(15)11-4-2-3-10-7-13-5-6-16(10)11/h8-11,13H,2-7H2,1H3. The SMILES string of the molecule is Cn1cncc1C1CCCC2CNCCN21. The van der Waals surface area contributed by atoms with Crippen LogP contribution in [-0.4, -0.2) is 40.1 Å². The first-order valence-electron chi connectivity index (χ1n) is 6.29. The van der Waals surface area contributed by atoms with Crippen molar-refractivity contribution in [1.82, 2.24) is 19.8 Å². The van der Waals surface area contributed by atoms with E-state index >= 15 is 0 Å². The maximum atomic E-state index is 4.26. The molecule has 0 bridgehead atoms. The van der Waals surface area contributed by atoms with Gasteiger partial charge < -0.3 is 9.88 Å². The Morgan fingerprint density at radius 1 is 1.44 bits per heavy atom. The molecule has 0 saturated carbocycles. The molecule has 2 saturated heterocycles. The molecule has 16 heavy (non-hydrogen) atoms. The van der Waals surface area contributed by atoms with Crippen LogP contribution in [0.2, 0.25) is 0 Å². The zero-order valence-electron chi connectivity index (χ0n) is 9.89. The quantitative estimate of drug-likeness (QED) is 0.764. The normalized spacial score (nSPS) is 31.3. The highest BCUT2D eigenvalue weighted by Crippen LogP contribution is 2.34. The molecule has 0 spiro atoms. The fourth-order valence-corrected chi connectivity index (χ4v) is 3.17. The Labute approximate surface area is 96.7 Å². The number of hydrogen-bond acceptors (Lipinski definition) is 3. The van der Waals surface area contributed by atoms with Crippen LogP contribution in [0.15, 0.2) is 12.5 Å². The average molecular weight is 220 g/mol. The Hall–Kier alpha value is -0.870. The maximum absolute atomic E-state index is 4.26. The van der Waals surface area contributed by atoms with Gasteiger partial charge in [0.05, 0.1) is 18.1 Å². The summed E-state index contributed by atoms with van der Waals surface area (Å²) in [5, 5.41) is 3.50. The number of nitrogens with one attached hydrogen (secondary N) is 1. The number of piperidine rings is 1. The van der Waals surface area contributed by atoms with Gasteiger partial charge in [0.15, 0.2) is 0 Å². The summed E-state index contributed by atoms with van der Waals surface area (Å²) in [7, 11) is 2.11. The Morgan fingerprint density at radius 3 is 3.19 bits per heavy atom. The minimum absolute atomic E-state index is 0.591. The molecule has 2 unspecified atom stereocenters. The first kappa shape index (κ1) is 10.3. The predicted octanol–water partition coefficient (Wildman–Crippen LogP) is 0.919. The minimum atomic E-state index is 0.591. The predicted molar refractivity (Wildman–Crippen MR) is 63.2 cm³/mol. The van der Waals surface area contributed by atoms with E-state index in [2.05, 4.69) is 26.8 Å². The van der Waals surface area contributed by atoms with Gasteiger partial charge in [0.1, 0.15) is 0 Å². The topological polar surface area (TPSA) is 33.1 Å². The number of piperazine rings is 1. The second-order valence-corrected chi connectivity index (χ2v) is 4.97. The molecule has 3 heterocycles. The smallest absolute Gasteiger partial charge is 0.0946 e. The Morgan fingerprint density at radius 2 is 2.38 bits per heavy atom. The summed E-state index contributed by atoms with van der Waals surface area (Å²) in [6, 6.07) is 1.33. The second-order valence-electron chi connectivity index (χ2n) is 4.97. The molecule has 1 aromatic rings. The molecule has 3 rings (SSSR count). The Kier molecular flexibility index (Phi) is 2.69. The fraction of sp³-hybridized carbons (Fsp3) is 0.750. The van der Waals surface area contributed by atoms with E-state index in [4.69, 9.17) is 0 Å². The molecule has 2 aliphatic rings. The Balaban J connectivity index is 1.86. The highest BCUT2D eigenvalue weighted by molar-refractivity contribution is 5.08. The van der Waals surface area contributed by atoms with E-state index in [-0.39, 0.29) is 0 Å². The monoisotopic (exact) mass is 220 g/mol. The van der Waals surface area contributed by atoms with Gasteiger partial charge in [-0.3, -0.25) is 4.90 Å². The number of rotatable bonds is 1. The van der Waals surface area contributed by atoms with Crippen LogP contribution in [0, 0.1) is 0 Å². The molecular formula is C12H20N4. The van der Waals surface area contributed by atoms with Gasteiger partial charge in [-0.05, 0) is 19.3 Å². The number of nitrogens with zero attached hydrogens (tertiary/aromatic N) is 3. The number of hydrogen-bond donors (Lipinski definition) is 1. The first-order valence-corrected chi connectivity index (χ1v) is 6.29. The lowest BCUT2D eigenvalue weighted by molar-refractivity contribution is 0.0583. The molecule has 2 fully saturated rings. The molecule has 2 aliphatic heterocycles. The van der Waals surface area contributed by atoms with Crippen molar-refractivity contribution in [3.63, 3.8) is 0 Å². The number of aryl methyl sites for hydroxylation is 1. The van der Waals surface area contributed by atoms with E-state index in [9.17, 15) is 0 Å². The van der Waals surface area contributed by atoms with Gasteiger partial charge in [0, 0.05) is 38.9 Å². The molecular weight excluding hydrogens is 200 g/mol. The van der Waals surface area contributed by atoms with Crippen LogP contribution in [0.1, 0.15) is 31.0 Å². The van der Waals surface area contributed by atoms with Crippen LogP contribution < -0.4 is 5.32 Å². The molecule has 0 amide bonds. The fourth-order valence-electron chi connectivity index (χ4n) is 3.17. The molecule has 88 valence electrons. The van der Waals surface area contributed by atoms with E-state index in [1.54, 1.807) is 0 Å². The number of aromatic nitrogens is 2. The van der Waals surface area contributed by atoms with Crippen molar-refractivity contribution >= 4 is 0 Å². The molecule has 4 nitrogen and oxygen atoms in total. The zero-order valence-corrected chi connectivity index (χ0v) is 9.89. The van der Waals surface area contributed by atoms with Gasteiger partial charge in [-0.15, -0.1) is 0 Å². The molecule has 1 aromatic heterocycles. The average Bonchev–Trinajstić information content (AvgIpc) is 2.75. The molecule has 0 aliphatic carbocycles. The van der Waals surface area contributed by atoms with Crippen molar-refractivity contribution in [3.05, 3.63) is 18.2 Å². The highest BCUT2D eigenvalue weighted by atomic mass is 15.3. The van der Waals surface area contributed by atoms with E-state index < -0.39 is 0 Å². The lowest BCUT2D eigenvalue weighted by Crippen LogP contribution is -2.54. The maximum Gasteiger partial charge on any atom is 0.0946 e. The Bertz CT molecular complexity index is 358. The second kappa shape index (κ2) is 4.18. The van der Waals surface area contributed by atoms with Crippen molar-refractivity contribution in [1.29, 1.82) is 0 Å². The summed E-state index contributed by atoms with van der Waals surface area (Å²) in [5.74, 6) is 0. The van der Waals surface area contributed by atoms with E-state index in [1.165, 1.54) is 31.5 Å².